The van der Waals surface area contributed by atoms with Gasteiger partial charge in [0.25, 0.3) is 0 Å². The van der Waals surface area contributed by atoms with Gasteiger partial charge in [0.1, 0.15) is 18.8 Å². The van der Waals surface area contributed by atoms with Crippen LogP contribution in [-0.4, -0.2) is 54.3 Å². The largest absolute Gasteiger partial charge is 0.487 e. The lowest BCUT2D eigenvalue weighted by Crippen LogP contribution is -2.50. The Bertz CT molecular complexity index is 584. The molecule has 3 heterocycles. The normalized spacial score (nSPS) is 36.2. The summed E-state index contributed by atoms with van der Waals surface area (Å²) in [5, 5.41) is 0.346. The van der Waals surface area contributed by atoms with Crippen molar-refractivity contribution in [2.45, 2.75) is 30.6 Å². The lowest BCUT2D eigenvalue weighted by molar-refractivity contribution is -0.197. The molecule has 0 aromatic heterocycles. The maximum absolute atomic E-state index is 6.13. The van der Waals surface area contributed by atoms with E-state index in [2.05, 4.69) is 0 Å². The van der Waals surface area contributed by atoms with E-state index in [0.29, 0.717) is 11.7 Å². The number of hydrogen-bond donors (Lipinski definition) is 1. The summed E-state index contributed by atoms with van der Waals surface area (Å²) in [6, 6.07) is 7.69. The van der Waals surface area contributed by atoms with Gasteiger partial charge in [-0.05, 0) is 24.4 Å². The van der Waals surface area contributed by atoms with Crippen LogP contribution in [0, 0.1) is 0 Å². The Labute approximate surface area is 127 Å². The number of hydrogen-bond acceptors (Lipinski definition) is 5. The topological polar surface area (TPSA) is 66.0 Å². The van der Waals surface area contributed by atoms with E-state index < -0.39 is 0 Å². The van der Waals surface area contributed by atoms with Crippen LogP contribution in [-0.2, 0) is 9.47 Å². The minimum absolute atomic E-state index is 0.0130. The van der Waals surface area contributed by atoms with Gasteiger partial charge >= 0.3 is 0 Å². The predicted octanol–water partition coefficient (Wildman–Crippen LogP) is 0.494. The lowest BCUT2D eigenvalue weighted by atomic mass is 10.1. The van der Waals surface area contributed by atoms with E-state index in [0.717, 1.165) is 11.5 Å². The van der Waals surface area contributed by atoms with Crippen LogP contribution in [0.3, 0.4) is 0 Å². The van der Waals surface area contributed by atoms with E-state index in [9.17, 15) is 0 Å². The Morgan fingerprint density at radius 1 is 1.33 bits per heavy atom. The number of nitrogens with two attached hydrogens (primary N) is 1. The van der Waals surface area contributed by atoms with Crippen molar-refractivity contribution in [1.29, 1.82) is 0 Å². The van der Waals surface area contributed by atoms with Crippen LogP contribution in [0.1, 0.15) is 0 Å². The first-order chi connectivity index (χ1) is 10.2. The quantitative estimate of drug-likeness (QED) is 0.598. The Morgan fingerprint density at radius 3 is 2.81 bits per heavy atom. The summed E-state index contributed by atoms with van der Waals surface area (Å²) >= 11 is 5.11. The summed E-state index contributed by atoms with van der Waals surface area (Å²) in [5.41, 5.74) is 5.79. The molecule has 21 heavy (non-hydrogen) atoms. The monoisotopic (exact) mass is 308 g/mol. The summed E-state index contributed by atoms with van der Waals surface area (Å²) in [7, 11) is 1.62. The Hall–Kier alpha value is -1.57. The van der Waals surface area contributed by atoms with Gasteiger partial charge in [-0.15, -0.1) is 0 Å². The highest BCUT2D eigenvalue weighted by Crippen LogP contribution is 2.45. The molecule has 7 heteroatoms. The van der Waals surface area contributed by atoms with Crippen molar-refractivity contribution < 1.29 is 18.9 Å². The molecule has 0 radical (unpaired) electrons. The first kappa shape index (κ1) is 13.1. The van der Waals surface area contributed by atoms with Crippen molar-refractivity contribution in [3.05, 3.63) is 24.3 Å². The molecule has 2 saturated heterocycles. The van der Waals surface area contributed by atoms with Gasteiger partial charge in [0.15, 0.2) is 29.0 Å². The number of rotatable bonds is 1. The molecule has 0 saturated carbocycles. The number of methoxy groups -OCH3 is 1. The molecule has 112 valence electrons. The van der Waals surface area contributed by atoms with E-state index in [1.54, 1.807) is 7.11 Å². The van der Waals surface area contributed by atoms with Crippen LogP contribution < -0.4 is 15.2 Å². The van der Waals surface area contributed by atoms with Gasteiger partial charge in [0, 0.05) is 7.11 Å². The van der Waals surface area contributed by atoms with Crippen molar-refractivity contribution in [3.63, 3.8) is 0 Å². The van der Waals surface area contributed by atoms with Gasteiger partial charge in [-0.3, -0.25) is 0 Å². The van der Waals surface area contributed by atoms with Gasteiger partial charge in [-0.25, -0.2) is 0 Å². The minimum Gasteiger partial charge on any atom is -0.487 e. The van der Waals surface area contributed by atoms with Crippen LogP contribution in [0.25, 0.3) is 0 Å². The number of ether oxygens (including phenoxy) is 4. The number of nitrogens with zero attached hydrogens (tertiary/aromatic N) is 1. The highest BCUT2D eigenvalue weighted by Gasteiger charge is 2.65. The van der Waals surface area contributed by atoms with E-state index >= 15 is 0 Å². The Morgan fingerprint density at radius 2 is 2.10 bits per heavy atom. The standard InChI is InChI=1S/C14H16N2O4S/c1-17-13-11-10(16(11)14(15)21)12-9(20-13)6-18-7-4-2-3-5-8(7)19-12/h2-5,9-13H,6H2,1H3,(H2,15,21). The summed E-state index contributed by atoms with van der Waals surface area (Å²) in [5.74, 6) is 1.45. The van der Waals surface area contributed by atoms with Gasteiger partial charge < -0.3 is 29.6 Å². The molecule has 3 aliphatic rings. The fourth-order valence-corrected chi connectivity index (χ4v) is 3.46. The van der Waals surface area contributed by atoms with Crippen LogP contribution in [0.15, 0.2) is 24.3 Å². The summed E-state index contributed by atoms with van der Waals surface area (Å²) < 4.78 is 23.3. The van der Waals surface area contributed by atoms with Crippen molar-refractivity contribution in [1.82, 2.24) is 4.90 Å². The van der Waals surface area contributed by atoms with Crippen molar-refractivity contribution in [2.75, 3.05) is 13.7 Å². The molecule has 0 aliphatic carbocycles. The number of benzene rings is 1. The summed E-state index contributed by atoms with van der Waals surface area (Å²) in [6.45, 7) is 0.413. The van der Waals surface area contributed by atoms with Crippen molar-refractivity contribution in [2.24, 2.45) is 5.73 Å². The first-order valence-corrected chi connectivity index (χ1v) is 7.26. The maximum Gasteiger partial charge on any atom is 0.180 e. The number of para-hydroxylation sites is 2. The molecule has 2 fully saturated rings. The molecule has 3 aliphatic heterocycles. The maximum atomic E-state index is 6.13. The second kappa shape index (κ2) is 4.72. The summed E-state index contributed by atoms with van der Waals surface area (Å²) in [6.07, 6.45) is -0.763. The molecular formula is C14H16N2O4S. The zero-order chi connectivity index (χ0) is 14.6. The van der Waals surface area contributed by atoms with Crippen molar-refractivity contribution in [3.8, 4) is 11.5 Å². The number of thiocarbonyl (C=S) groups is 1. The minimum atomic E-state index is -0.369. The first-order valence-electron chi connectivity index (χ1n) is 6.85. The van der Waals surface area contributed by atoms with Crippen LogP contribution >= 0.6 is 12.2 Å². The van der Waals surface area contributed by atoms with Gasteiger partial charge in [0.05, 0.1) is 6.04 Å². The average Bonchev–Trinajstić information content (AvgIpc) is 3.24. The molecule has 0 spiro atoms. The molecule has 0 amide bonds. The molecule has 5 unspecified atom stereocenters. The smallest absolute Gasteiger partial charge is 0.180 e. The predicted molar refractivity (Wildman–Crippen MR) is 78.2 cm³/mol. The molecule has 0 bridgehead atoms. The van der Waals surface area contributed by atoms with Gasteiger partial charge in [-0.1, -0.05) is 12.1 Å². The molecular weight excluding hydrogens is 292 g/mol. The second-order valence-corrected chi connectivity index (χ2v) is 5.76. The SMILES string of the molecule is COC1OC2COc3ccccc3OC2C2C1N2C(N)=S. The van der Waals surface area contributed by atoms with Gasteiger partial charge in [0.2, 0.25) is 0 Å². The molecule has 1 aromatic rings. The van der Waals surface area contributed by atoms with Crippen LogP contribution in [0.5, 0.6) is 11.5 Å². The molecule has 1 aromatic carbocycles. The third-order valence-electron chi connectivity index (χ3n) is 4.20. The van der Waals surface area contributed by atoms with Crippen LogP contribution in [0.2, 0.25) is 0 Å². The zero-order valence-electron chi connectivity index (χ0n) is 11.5. The van der Waals surface area contributed by atoms with E-state index in [1.165, 1.54) is 0 Å². The highest BCUT2D eigenvalue weighted by atomic mass is 32.1. The van der Waals surface area contributed by atoms with E-state index in [-0.39, 0.29) is 30.6 Å². The van der Waals surface area contributed by atoms with E-state index in [4.69, 9.17) is 36.9 Å². The van der Waals surface area contributed by atoms with Crippen molar-refractivity contribution >= 4 is 17.3 Å². The van der Waals surface area contributed by atoms with Crippen LogP contribution in [0.4, 0.5) is 0 Å². The zero-order valence-corrected chi connectivity index (χ0v) is 12.3. The molecule has 4 rings (SSSR count). The molecule has 5 atom stereocenters. The third kappa shape index (κ3) is 1.96. The Kier molecular flexibility index (Phi) is 2.95. The average molecular weight is 308 g/mol. The van der Waals surface area contributed by atoms with E-state index in [1.807, 2.05) is 29.2 Å². The fourth-order valence-electron chi connectivity index (χ4n) is 3.22. The highest BCUT2D eigenvalue weighted by molar-refractivity contribution is 7.80. The second-order valence-electron chi connectivity index (χ2n) is 5.35. The Balaban J connectivity index is 1.65. The molecule has 2 N–H and O–H groups in total. The number of fused-ring (bicyclic) bond motifs is 4. The van der Waals surface area contributed by atoms with Gasteiger partial charge in [-0.2, -0.15) is 0 Å². The lowest BCUT2D eigenvalue weighted by Gasteiger charge is -2.31. The summed E-state index contributed by atoms with van der Waals surface area (Å²) in [4.78, 5) is 1.92. The fraction of sp³-hybridized carbons (Fsp3) is 0.500. The third-order valence-corrected chi connectivity index (χ3v) is 4.41. The molecule has 6 nitrogen and oxygen atoms in total.